The van der Waals surface area contributed by atoms with Crippen LogP contribution in [-0.4, -0.2) is 11.0 Å². The van der Waals surface area contributed by atoms with E-state index >= 15 is 0 Å². The second-order valence-corrected chi connectivity index (χ2v) is 5.83. The van der Waals surface area contributed by atoms with Gasteiger partial charge in [-0.05, 0) is 43.7 Å². The molecule has 0 saturated heterocycles. The number of aryl methyl sites for hydroxylation is 1. The van der Waals surface area contributed by atoms with Gasteiger partial charge >= 0.3 is 0 Å². The summed E-state index contributed by atoms with van der Waals surface area (Å²) in [5, 5.41) is 14.6. The fraction of sp³-hybridized carbons (Fsp3) is 0.625. The number of hydrogen-bond acceptors (Lipinski definition) is 3. The third kappa shape index (κ3) is 3.50. The highest BCUT2D eigenvalue weighted by atomic mass is 16.6. The van der Waals surface area contributed by atoms with Crippen molar-refractivity contribution in [3.63, 3.8) is 0 Å². The van der Waals surface area contributed by atoms with Gasteiger partial charge in [0.05, 0.1) is 4.92 Å². The zero-order valence-corrected chi connectivity index (χ0v) is 12.4. The van der Waals surface area contributed by atoms with Crippen LogP contribution in [0.25, 0.3) is 0 Å². The lowest BCUT2D eigenvalue weighted by Gasteiger charge is -2.31. The van der Waals surface area contributed by atoms with Crippen molar-refractivity contribution in [1.82, 2.24) is 0 Å². The zero-order valence-electron chi connectivity index (χ0n) is 12.4. The van der Waals surface area contributed by atoms with Gasteiger partial charge in [-0.25, -0.2) is 0 Å². The smallest absolute Gasteiger partial charge is 0.292 e. The molecular formula is C16H24N2O2. The maximum atomic E-state index is 11.1. The fourth-order valence-corrected chi connectivity index (χ4v) is 3.21. The highest BCUT2D eigenvalue weighted by molar-refractivity contribution is 5.63. The van der Waals surface area contributed by atoms with E-state index < -0.39 is 0 Å². The van der Waals surface area contributed by atoms with Crippen LogP contribution in [0.4, 0.5) is 11.4 Å². The average Bonchev–Trinajstić information content (AvgIpc) is 2.45. The molecule has 0 aliphatic heterocycles. The Morgan fingerprint density at radius 2 is 2.05 bits per heavy atom. The Morgan fingerprint density at radius 1 is 1.35 bits per heavy atom. The van der Waals surface area contributed by atoms with Crippen LogP contribution in [0.2, 0.25) is 0 Å². The van der Waals surface area contributed by atoms with Crippen LogP contribution in [0.15, 0.2) is 18.2 Å². The minimum atomic E-state index is -0.296. The maximum Gasteiger partial charge on any atom is 0.292 e. The summed E-state index contributed by atoms with van der Waals surface area (Å²) in [6.07, 6.45) is 7.40. The molecule has 2 rings (SSSR count). The molecule has 1 aliphatic rings. The van der Waals surface area contributed by atoms with Gasteiger partial charge in [0.1, 0.15) is 5.69 Å². The summed E-state index contributed by atoms with van der Waals surface area (Å²) in [7, 11) is 0. The summed E-state index contributed by atoms with van der Waals surface area (Å²) in [6, 6.07) is 5.63. The van der Waals surface area contributed by atoms with E-state index in [0.717, 1.165) is 12.0 Å². The average molecular weight is 276 g/mol. The van der Waals surface area contributed by atoms with Crippen LogP contribution in [0.5, 0.6) is 0 Å². The Hall–Kier alpha value is -1.58. The highest BCUT2D eigenvalue weighted by Crippen LogP contribution is 2.32. The molecule has 4 nitrogen and oxygen atoms in total. The molecule has 4 heteroatoms. The Bertz CT molecular complexity index is 468. The van der Waals surface area contributed by atoms with Crippen LogP contribution in [0, 0.1) is 23.0 Å². The van der Waals surface area contributed by atoms with Gasteiger partial charge in [0.25, 0.3) is 5.69 Å². The van der Waals surface area contributed by atoms with Crippen molar-refractivity contribution in [3.05, 3.63) is 33.9 Å². The standard InChI is InChI=1S/C16H24N2O2/c1-3-14(13-7-5-4-6-8-13)17-15-11-12(2)9-10-16(15)18(19)20/h9-11,13-14,17H,3-8H2,1-2H3. The van der Waals surface area contributed by atoms with Crippen molar-refractivity contribution in [3.8, 4) is 0 Å². The van der Waals surface area contributed by atoms with E-state index in [4.69, 9.17) is 0 Å². The largest absolute Gasteiger partial charge is 0.376 e. The third-order valence-electron chi connectivity index (χ3n) is 4.35. The van der Waals surface area contributed by atoms with Gasteiger partial charge in [-0.1, -0.05) is 32.3 Å². The normalized spacial score (nSPS) is 17.7. The zero-order chi connectivity index (χ0) is 14.5. The minimum Gasteiger partial charge on any atom is -0.376 e. The minimum absolute atomic E-state index is 0.185. The van der Waals surface area contributed by atoms with Crippen molar-refractivity contribution in [2.24, 2.45) is 5.92 Å². The van der Waals surface area contributed by atoms with E-state index in [1.165, 1.54) is 32.1 Å². The molecule has 110 valence electrons. The third-order valence-corrected chi connectivity index (χ3v) is 4.35. The lowest BCUT2D eigenvalue weighted by Crippen LogP contribution is -2.30. The van der Waals surface area contributed by atoms with Crippen molar-refractivity contribution < 1.29 is 4.92 Å². The summed E-state index contributed by atoms with van der Waals surface area (Å²) < 4.78 is 0. The Morgan fingerprint density at radius 3 is 2.65 bits per heavy atom. The van der Waals surface area contributed by atoms with E-state index in [1.807, 2.05) is 13.0 Å². The molecule has 1 N–H and O–H groups in total. The van der Waals surface area contributed by atoms with E-state index in [0.29, 0.717) is 17.6 Å². The molecule has 1 fully saturated rings. The SMILES string of the molecule is CCC(Nc1cc(C)ccc1[N+](=O)[O-])C1CCCCC1. The Kier molecular flexibility index (Phi) is 4.99. The molecule has 1 saturated carbocycles. The van der Waals surface area contributed by atoms with Crippen molar-refractivity contribution in [2.45, 2.75) is 58.4 Å². The molecule has 0 spiro atoms. The number of nitro benzene ring substituents is 1. The lowest BCUT2D eigenvalue weighted by atomic mass is 9.83. The number of rotatable bonds is 5. The van der Waals surface area contributed by atoms with Crippen molar-refractivity contribution in [2.75, 3.05) is 5.32 Å². The van der Waals surface area contributed by atoms with Gasteiger partial charge < -0.3 is 5.32 Å². The predicted octanol–water partition coefficient (Wildman–Crippen LogP) is 4.67. The summed E-state index contributed by atoms with van der Waals surface area (Å²) in [5.74, 6) is 0.647. The molecule has 1 unspecified atom stereocenters. The van der Waals surface area contributed by atoms with Gasteiger partial charge in [-0.15, -0.1) is 0 Å². The first-order valence-corrected chi connectivity index (χ1v) is 7.63. The van der Waals surface area contributed by atoms with Crippen LogP contribution < -0.4 is 5.32 Å². The summed E-state index contributed by atoms with van der Waals surface area (Å²) in [4.78, 5) is 10.8. The molecular weight excluding hydrogens is 252 g/mol. The molecule has 20 heavy (non-hydrogen) atoms. The number of nitro groups is 1. The van der Waals surface area contributed by atoms with Crippen LogP contribution in [0.3, 0.4) is 0 Å². The first-order valence-electron chi connectivity index (χ1n) is 7.63. The molecule has 1 atom stereocenters. The van der Waals surface area contributed by atoms with E-state index in [9.17, 15) is 10.1 Å². The monoisotopic (exact) mass is 276 g/mol. The Labute approximate surface area is 120 Å². The van der Waals surface area contributed by atoms with Gasteiger partial charge in [0.15, 0.2) is 0 Å². The number of hydrogen-bond donors (Lipinski definition) is 1. The van der Waals surface area contributed by atoms with Gasteiger partial charge in [-0.3, -0.25) is 10.1 Å². The molecule has 1 aromatic rings. The van der Waals surface area contributed by atoms with E-state index in [1.54, 1.807) is 12.1 Å². The van der Waals surface area contributed by atoms with Gasteiger partial charge in [0.2, 0.25) is 0 Å². The summed E-state index contributed by atoms with van der Waals surface area (Å²) in [5.41, 5.74) is 1.91. The van der Waals surface area contributed by atoms with Crippen LogP contribution >= 0.6 is 0 Å². The number of anilines is 1. The van der Waals surface area contributed by atoms with Crippen LogP contribution in [0.1, 0.15) is 51.0 Å². The Balaban J connectivity index is 2.17. The number of benzene rings is 1. The molecule has 0 radical (unpaired) electrons. The summed E-state index contributed by atoms with van der Waals surface area (Å²) in [6.45, 7) is 4.13. The van der Waals surface area contributed by atoms with Gasteiger partial charge in [-0.2, -0.15) is 0 Å². The molecule has 0 bridgehead atoms. The van der Waals surface area contributed by atoms with Crippen LogP contribution in [-0.2, 0) is 0 Å². The topological polar surface area (TPSA) is 55.2 Å². The lowest BCUT2D eigenvalue weighted by molar-refractivity contribution is -0.384. The quantitative estimate of drug-likeness (QED) is 0.628. The molecule has 0 amide bonds. The second-order valence-electron chi connectivity index (χ2n) is 5.83. The molecule has 0 aromatic heterocycles. The molecule has 0 heterocycles. The van der Waals surface area contributed by atoms with Crippen molar-refractivity contribution >= 4 is 11.4 Å². The molecule has 1 aromatic carbocycles. The predicted molar refractivity (Wildman–Crippen MR) is 82.1 cm³/mol. The second kappa shape index (κ2) is 6.73. The van der Waals surface area contributed by atoms with Gasteiger partial charge in [0, 0.05) is 12.1 Å². The summed E-state index contributed by atoms with van der Waals surface area (Å²) >= 11 is 0. The molecule has 1 aliphatic carbocycles. The number of nitrogens with zero attached hydrogens (tertiary/aromatic N) is 1. The first-order chi connectivity index (χ1) is 9.61. The maximum absolute atomic E-state index is 11.1. The first kappa shape index (κ1) is 14.8. The van der Waals surface area contributed by atoms with E-state index in [-0.39, 0.29) is 10.6 Å². The fourth-order valence-electron chi connectivity index (χ4n) is 3.21. The highest BCUT2D eigenvalue weighted by Gasteiger charge is 2.24. The van der Waals surface area contributed by atoms with Crippen molar-refractivity contribution in [1.29, 1.82) is 0 Å². The van der Waals surface area contributed by atoms with E-state index in [2.05, 4.69) is 12.2 Å². The number of nitrogens with one attached hydrogen (secondary N) is 1.